The number of nitrogens with zero attached hydrogens (tertiary/aromatic N) is 1. The number of sulfonamides is 1. The summed E-state index contributed by atoms with van der Waals surface area (Å²) in [4.78, 5) is 4.21. The minimum absolute atomic E-state index is 0.0683. The summed E-state index contributed by atoms with van der Waals surface area (Å²) in [5, 5.41) is 0. The molecule has 0 amide bonds. The minimum Gasteiger partial charge on any atom is -0.369 e. The van der Waals surface area contributed by atoms with Gasteiger partial charge in [-0.05, 0) is 38.3 Å². The highest BCUT2D eigenvalue weighted by Gasteiger charge is 2.20. The standard InChI is InChI=1S/C13H21N3O2S/c1-5-6-15-13(14)16-19(17,18)12-10(3)7-9(2)8-11(12)4/h7-8H,5-6H2,1-4H3,(H3,14,15,16). The Labute approximate surface area is 115 Å². The maximum absolute atomic E-state index is 12.3. The Bertz CT molecular complexity index is 569. The second-order valence-corrected chi connectivity index (χ2v) is 6.22. The first kappa shape index (κ1) is 15.5. The van der Waals surface area contributed by atoms with E-state index in [-0.39, 0.29) is 10.9 Å². The highest BCUT2D eigenvalue weighted by Crippen LogP contribution is 2.21. The van der Waals surface area contributed by atoms with Crippen molar-refractivity contribution < 1.29 is 8.42 Å². The third-order valence-electron chi connectivity index (χ3n) is 2.62. The molecule has 0 heterocycles. The van der Waals surface area contributed by atoms with Gasteiger partial charge >= 0.3 is 0 Å². The lowest BCUT2D eigenvalue weighted by Gasteiger charge is -2.13. The minimum atomic E-state index is -3.67. The van der Waals surface area contributed by atoms with Crippen molar-refractivity contribution in [1.29, 1.82) is 0 Å². The average molecular weight is 283 g/mol. The number of nitrogens with two attached hydrogens (primary N) is 1. The molecule has 19 heavy (non-hydrogen) atoms. The number of hydrogen-bond acceptors (Lipinski definition) is 3. The third kappa shape index (κ3) is 3.96. The molecule has 0 unspecified atom stereocenters. The predicted octanol–water partition coefficient (Wildman–Crippen LogP) is 1.61. The molecule has 0 bridgehead atoms. The Hall–Kier alpha value is -1.56. The molecule has 106 valence electrons. The van der Waals surface area contributed by atoms with Crippen molar-refractivity contribution in [2.45, 2.75) is 39.0 Å². The SMILES string of the molecule is CCCN=C(N)NS(=O)(=O)c1c(C)cc(C)cc1C. The summed E-state index contributed by atoms with van der Waals surface area (Å²) in [6.45, 7) is 7.92. The summed E-state index contributed by atoms with van der Waals surface area (Å²) < 4.78 is 26.9. The molecular weight excluding hydrogens is 262 g/mol. The summed E-state index contributed by atoms with van der Waals surface area (Å²) >= 11 is 0. The van der Waals surface area contributed by atoms with Crippen LogP contribution in [-0.2, 0) is 10.0 Å². The van der Waals surface area contributed by atoms with Crippen LogP contribution in [0.1, 0.15) is 30.0 Å². The van der Waals surface area contributed by atoms with Crippen LogP contribution in [0.25, 0.3) is 0 Å². The molecule has 0 saturated carbocycles. The van der Waals surface area contributed by atoms with E-state index in [1.54, 1.807) is 13.8 Å². The van der Waals surface area contributed by atoms with E-state index in [1.807, 2.05) is 26.0 Å². The van der Waals surface area contributed by atoms with Gasteiger partial charge in [0.25, 0.3) is 10.0 Å². The molecule has 0 spiro atoms. The largest absolute Gasteiger partial charge is 0.369 e. The number of aryl methyl sites for hydroxylation is 3. The molecule has 0 radical (unpaired) electrons. The van der Waals surface area contributed by atoms with E-state index in [4.69, 9.17) is 5.73 Å². The molecule has 0 aromatic heterocycles. The van der Waals surface area contributed by atoms with Gasteiger partial charge in [-0.25, -0.2) is 13.1 Å². The third-order valence-corrected chi connectivity index (χ3v) is 4.28. The van der Waals surface area contributed by atoms with Gasteiger partial charge in [-0.2, -0.15) is 0 Å². The first-order chi connectivity index (χ1) is 8.77. The molecule has 3 N–H and O–H groups in total. The predicted molar refractivity (Wildman–Crippen MR) is 77.8 cm³/mol. The number of guanidine groups is 1. The zero-order valence-corrected chi connectivity index (χ0v) is 12.6. The van der Waals surface area contributed by atoms with Gasteiger partial charge in [0, 0.05) is 6.54 Å². The van der Waals surface area contributed by atoms with Crippen LogP contribution < -0.4 is 10.5 Å². The summed E-state index contributed by atoms with van der Waals surface area (Å²) in [6, 6.07) is 3.67. The van der Waals surface area contributed by atoms with Crippen LogP contribution in [0.5, 0.6) is 0 Å². The number of aliphatic imine (C=N–C) groups is 1. The van der Waals surface area contributed by atoms with Crippen molar-refractivity contribution in [3.63, 3.8) is 0 Å². The van der Waals surface area contributed by atoms with Gasteiger partial charge < -0.3 is 5.73 Å². The van der Waals surface area contributed by atoms with Crippen molar-refractivity contribution in [2.75, 3.05) is 6.54 Å². The summed E-state index contributed by atoms with van der Waals surface area (Å²) in [6.07, 6.45) is 0.811. The van der Waals surface area contributed by atoms with Crippen molar-refractivity contribution in [3.05, 3.63) is 28.8 Å². The lowest BCUT2D eigenvalue weighted by atomic mass is 10.1. The van der Waals surface area contributed by atoms with Crippen LogP contribution >= 0.6 is 0 Å². The number of nitrogens with one attached hydrogen (secondary N) is 1. The van der Waals surface area contributed by atoms with Crippen LogP contribution in [0.4, 0.5) is 0 Å². The van der Waals surface area contributed by atoms with E-state index in [0.29, 0.717) is 17.7 Å². The Morgan fingerprint density at radius 1 is 1.26 bits per heavy atom. The Morgan fingerprint density at radius 3 is 2.26 bits per heavy atom. The highest BCUT2D eigenvalue weighted by molar-refractivity contribution is 7.90. The normalized spacial score (nSPS) is 12.5. The molecule has 1 aromatic carbocycles. The zero-order chi connectivity index (χ0) is 14.6. The Morgan fingerprint density at radius 2 is 1.79 bits per heavy atom. The maximum atomic E-state index is 12.3. The van der Waals surface area contributed by atoms with Gasteiger partial charge in [-0.1, -0.05) is 24.6 Å². The monoisotopic (exact) mass is 283 g/mol. The van der Waals surface area contributed by atoms with Crippen LogP contribution in [0.15, 0.2) is 22.0 Å². The highest BCUT2D eigenvalue weighted by atomic mass is 32.2. The molecule has 1 aromatic rings. The van der Waals surface area contributed by atoms with Gasteiger partial charge in [-0.15, -0.1) is 0 Å². The second-order valence-electron chi connectivity index (χ2n) is 4.60. The van der Waals surface area contributed by atoms with E-state index in [2.05, 4.69) is 9.71 Å². The van der Waals surface area contributed by atoms with Crippen molar-refractivity contribution in [2.24, 2.45) is 10.7 Å². The fourth-order valence-electron chi connectivity index (χ4n) is 2.04. The Kier molecular flexibility index (Phi) is 4.94. The van der Waals surface area contributed by atoms with Gasteiger partial charge in [0.05, 0.1) is 4.90 Å². The van der Waals surface area contributed by atoms with Crippen LogP contribution in [0.2, 0.25) is 0 Å². The van der Waals surface area contributed by atoms with Crippen molar-refractivity contribution in [3.8, 4) is 0 Å². The molecule has 0 aliphatic rings. The molecule has 6 heteroatoms. The summed E-state index contributed by atoms with van der Waals surface area (Å²) in [5.74, 6) is -0.0683. The molecule has 0 aliphatic carbocycles. The smallest absolute Gasteiger partial charge is 0.264 e. The number of hydrogen-bond donors (Lipinski definition) is 2. The number of rotatable bonds is 4. The fraction of sp³-hybridized carbons (Fsp3) is 0.462. The van der Waals surface area contributed by atoms with Crippen molar-refractivity contribution in [1.82, 2.24) is 4.72 Å². The van der Waals surface area contributed by atoms with Crippen LogP contribution in [0.3, 0.4) is 0 Å². The van der Waals surface area contributed by atoms with Gasteiger partial charge in [-0.3, -0.25) is 4.99 Å². The lowest BCUT2D eigenvalue weighted by molar-refractivity contribution is 0.591. The lowest BCUT2D eigenvalue weighted by Crippen LogP contribution is -2.37. The fourth-order valence-corrected chi connectivity index (χ4v) is 3.45. The quantitative estimate of drug-likeness (QED) is 0.650. The van der Waals surface area contributed by atoms with E-state index in [1.165, 1.54) is 0 Å². The topological polar surface area (TPSA) is 84.5 Å². The van der Waals surface area contributed by atoms with Crippen LogP contribution in [-0.4, -0.2) is 20.9 Å². The van der Waals surface area contributed by atoms with E-state index < -0.39 is 10.0 Å². The van der Waals surface area contributed by atoms with Gasteiger partial charge in [0.2, 0.25) is 5.96 Å². The van der Waals surface area contributed by atoms with E-state index >= 15 is 0 Å². The van der Waals surface area contributed by atoms with Crippen LogP contribution in [0, 0.1) is 20.8 Å². The molecule has 0 aliphatic heterocycles. The Balaban J connectivity index is 3.15. The van der Waals surface area contributed by atoms with Crippen molar-refractivity contribution >= 4 is 16.0 Å². The number of benzene rings is 1. The molecule has 5 nitrogen and oxygen atoms in total. The van der Waals surface area contributed by atoms with E-state index in [9.17, 15) is 8.42 Å². The second kappa shape index (κ2) is 6.06. The zero-order valence-electron chi connectivity index (χ0n) is 11.8. The molecule has 1 rings (SSSR count). The molecule has 0 saturated heterocycles. The van der Waals surface area contributed by atoms with Gasteiger partial charge in [0.15, 0.2) is 0 Å². The summed E-state index contributed by atoms with van der Waals surface area (Å²) in [7, 11) is -3.67. The first-order valence-electron chi connectivity index (χ1n) is 6.18. The van der Waals surface area contributed by atoms with E-state index in [0.717, 1.165) is 12.0 Å². The molecular formula is C13H21N3O2S. The average Bonchev–Trinajstić information content (AvgIpc) is 2.23. The first-order valence-corrected chi connectivity index (χ1v) is 7.67. The molecule has 0 atom stereocenters. The summed E-state index contributed by atoms with van der Waals surface area (Å²) in [5.41, 5.74) is 8.01. The maximum Gasteiger partial charge on any atom is 0.264 e. The molecule has 0 fully saturated rings. The van der Waals surface area contributed by atoms with Gasteiger partial charge in [0.1, 0.15) is 0 Å².